The molecule has 9 heteroatoms. The molecule has 0 amide bonds. The summed E-state index contributed by atoms with van der Waals surface area (Å²) in [4.78, 5) is 17.5. The summed E-state index contributed by atoms with van der Waals surface area (Å²) in [7, 11) is -2.37. The summed E-state index contributed by atoms with van der Waals surface area (Å²) in [6.45, 7) is 1.88. The fourth-order valence-electron chi connectivity index (χ4n) is 1.72. The summed E-state index contributed by atoms with van der Waals surface area (Å²) in [5, 5.41) is 10.2. The number of aliphatic hydroxyl groups is 1. The predicted molar refractivity (Wildman–Crippen MR) is 72.7 cm³/mol. The molecule has 6 nitrogen and oxygen atoms in total. The minimum atomic E-state index is -4.30. The topological polar surface area (TPSA) is 96.2 Å². The molecular formula is C8H15BIO6P. The summed E-state index contributed by atoms with van der Waals surface area (Å²) in [5.74, 6) is 0.814. The maximum absolute atomic E-state index is 10.8. The van der Waals surface area contributed by atoms with Crippen molar-refractivity contribution in [3.8, 4) is 0 Å². The molecule has 0 spiro atoms. The Labute approximate surface area is 115 Å². The molecule has 1 aliphatic rings. The van der Waals surface area contributed by atoms with Crippen LogP contribution >= 0.6 is 30.6 Å². The monoisotopic (exact) mass is 376 g/mol. The number of hydrogen-bond donors (Lipinski definition) is 3. The normalized spacial score (nSPS) is 36.5. The highest BCUT2D eigenvalue weighted by atomic mass is 127. The Kier molecular flexibility index (Phi) is 5.23. The minimum Gasteiger partial charge on any atom is -0.380 e. The van der Waals surface area contributed by atoms with Gasteiger partial charge in [-0.05, 0) is 11.9 Å². The third-order valence-electron chi connectivity index (χ3n) is 2.61. The largest absolute Gasteiger partial charge is 0.380 e. The zero-order valence-corrected chi connectivity index (χ0v) is 12.5. The van der Waals surface area contributed by atoms with E-state index in [9.17, 15) is 9.67 Å². The number of rotatable bonds is 4. The van der Waals surface area contributed by atoms with Gasteiger partial charge in [0.05, 0.1) is 12.7 Å². The van der Waals surface area contributed by atoms with Crippen LogP contribution in [0.15, 0.2) is 11.9 Å². The highest BCUT2D eigenvalue weighted by Crippen LogP contribution is 2.40. The predicted octanol–water partition coefficient (Wildman–Crippen LogP) is -0.0156. The number of ether oxygens (including phenoxy) is 1. The van der Waals surface area contributed by atoms with Gasteiger partial charge in [0.2, 0.25) is 0 Å². The van der Waals surface area contributed by atoms with E-state index in [1.54, 1.807) is 23.0 Å². The Morgan fingerprint density at radius 2 is 2.29 bits per heavy atom. The van der Waals surface area contributed by atoms with Gasteiger partial charge in [-0.3, -0.25) is 4.57 Å². The zero-order valence-electron chi connectivity index (χ0n) is 9.49. The molecule has 4 atom stereocenters. The van der Waals surface area contributed by atoms with Crippen molar-refractivity contribution < 1.29 is 27.3 Å². The van der Waals surface area contributed by atoms with Crippen LogP contribution in [0.25, 0.3) is 0 Å². The second-order valence-corrected chi connectivity index (χ2v) is 6.41. The molecule has 17 heavy (non-hydrogen) atoms. The lowest BCUT2D eigenvalue weighted by Crippen LogP contribution is -2.43. The molecule has 0 aromatic rings. The fourth-order valence-corrected chi connectivity index (χ4v) is 2.90. The molecule has 3 N–H and O–H groups in total. The van der Waals surface area contributed by atoms with Gasteiger partial charge in [0.25, 0.3) is 0 Å². The van der Waals surface area contributed by atoms with Crippen LogP contribution in [0.3, 0.4) is 0 Å². The van der Waals surface area contributed by atoms with E-state index >= 15 is 0 Å². The smallest absolute Gasteiger partial charge is 0.348 e. The lowest BCUT2D eigenvalue weighted by molar-refractivity contribution is 0.0220. The molecule has 1 heterocycles. The van der Waals surface area contributed by atoms with Gasteiger partial charge in [-0.15, -0.1) is 0 Å². The molecule has 0 bridgehead atoms. The molecular weight excluding hydrogens is 361 g/mol. The van der Waals surface area contributed by atoms with Crippen molar-refractivity contribution in [1.82, 2.24) is 0 Å². The molecule has 0 aromatic carbocycles. The van der Waals surface area contributed by atoms with Crippen molar-refractivity contribution in [3.63, 3.8) is 0 Å². The van der Waals surface area contributed by atoms with Gasteiger partial charge in [0, 0.05) is 5.82 Å². The highest BCUT2D eigenvalue weighted by molar-refractivity contribution is 14.1. The molecule has 1 rings (SSSR count). The number of hydrogen-bond acceptors (Lipinski definition) is 4. The van der Waals surface area contributed by atoms with E-state index in [2.05, 4.69) is 0 Å². The third kappa shape index (κ3) is 4.02. The lowest BCUT2D eigenvalue weighted by Gasteiger charge is -2.27. The van der Waals surface area contributed by atoms with Gasteiger partial charge in [-0.2, -0.15) is 0 Å². The zero-order chi connectivity index (χ0) is 13.3. The minimum absolute atomic E-state index is 0.0417. The van der Waals surface area contributed by atoms with E-state index in [-0.39, 0.29) is 18.5 Å². The van der Waals surface area contributed by atoms with E-state index in [1.165, 1.54) is 0 Å². The molecule has 1 fully saturated rings. The summed E-state index contributed by atoms with van der Waals surface area (Å²) >= 11 is 1.66. The average molecular weight is 376 g/mol. The molecule has 1 aliphatic heterocycles. The quantitative estimate of drug-likeness (QED) is 0.363. The Morgan fingerprint density at radius 3 is 2.71 bits per heavy atom. The molecule has 1 saturated heterocycles. The maximum Gasteiger partial charge on any atom is 0.348 e. The van der Waals surface area contributed by atoms with Gasteiger partial charge in [0.1, 0.15) is 42.6 Å². The van der Waals surface area contributed by atoms with Crippen LogP contribution in [0.4, 0.5) is 0 Å². The molecule has 98 valence electrons. The standard InChI is InChI=1S/C8H15BIO6P/c1-5(9)6-7(16-10)8(11,4-15-6)2-3-17(12,13)14/h2-3,5-7,11H,4,9H2,1H3,(H2,12,13,14)/b3-2+. The van der Waals surface area contributed by atoms with Crippen LogP contribution < -0.4 is 0 Å². The van der Waals surface area contributed by atoms with Crippen molar-refractivity contribution >= 4 is 38.4 Å². The first kappa shape index (κ1) is 15.6. The Balaban J connectivity index is 2.90. The van der Waals surface area contributed by atoms with E-state index in [4.69, 9.17) is 17.6 Å². The SMILES string of the molecule is BC(C)C1OCC(O)(/C=C/P(=O)(O)O)C1OI. The fraction of sp³-hybridized carbons (Fsp3) is 0.750. The van der Waals surface area contributed by atoms with Gasteiger partial charge in [-0.25, -0.2) is 0 Å². The highest BCUT2D eigenvalue weighted by Gasteiger charge is 2.49. The molecule has 0 aromatic heterocycles. The molecule has 0 aliphatic carbocycles. The van der Waals surface area contributed by atoms with Crippen molar-refractivity contribution in [2.75, 3.05) is 6.61 Å². The van der Waals surface area contributed by atoms with Crippen LogP contribution in [-0.4, -0.2) is 47.2 Å². The molecule has 0 radical (unpaired) electrons. The van der Waals surface area contributed by atoms with Crippen molar-refractivity contribution in [2.24, 2.45) is 0 Å². The Morgan fingerprint density at radius 1 is 1.71 bits per heavy atom. The van der Waals surface area contributed by atoms with Gasteiger partial charge >= 0.3 is 7.60 Å². The van der Waals surface area contributed by atoms with E-state index < -0.39 is 19.3 Å². The van der Waals surface area contributed by atoms with Gasteiger partial charge in [0.15, 0.2) is 0 Å². The molecule has 4 unspecified atom stereocenters. The Bertz CT molecular complexity index is 345. The summed E-state index contributed by atoms with van der Waals surface area (Å²) in [5.41, 5.74) is -1.50. The average Bonchev–Trinajstić information content (AvgIpc) is 2.52. The summed E-state index contributed by atoms with van der Waals surface area (Å²) in [6, 6.07) is 0. The van der Waals surface area contributed by atoms with Gasteiger partial charge < -0.3 is 22.7 Å². The maximum atomic E-state index is 10.8. The first-order chi connectivity index (χ1) is 7.69. The van der Waals surface area contributed by atoms with Crippen LogP contribution in [0.1, 0.15) is 6.92 Å². The van der Waals surface area contributed by atoms with Crippen molar-refractivity contribution in [2.45, 2.75) is 30.5 Å². The van der Waals surface area contributed by atoms with E-state index in [0.29, 0.717) is 5.82 Å². The van der Waals surface area contributed by atoms with Crippen LogP contribution in [0.2, 0.25) is 5.82 Å². The van der Waals surface area contributed by atoms with Crippen molar-refractivity contribution in [3.05, 3.63) is 11.9 Å². The van der Waals surface area contributed by atoms with Crippen LogP contribution in [0.5, 0.6) is 0 Å². The summed E-state index contributed by atoms with van der Waals surface area (Å²) in [6.07, 6.45) is 0.115. The third-order valence-corrected chi connectivity index (χ3v) is 3.69. The second kappa shape index (κ2) is 5.69. The van der Waals surface area contributed by atoms with Crippen LogP contribution in [-0.2, 0) is 12.4 Å². The van der Waals surface area contributed by atoms with Crippen molar-refractivity contribution in [1.29, 1.82) is 0 Å². The van der Waals surface area contributed by atoms with Crippen LogP contribution in [0, 0.1) is 0 Å². The van der Waals surface area contributed by atoms with E-state index in [1.807, 2.05) is 14.8 Å². The second-order valence-electron chi connectivity index (χ2n) is 4.43. The van der Waals surface area contributed by atoms with E-state index in [0.717, 1.165) is 6.08 Å². The first-order valence-electron chi connectivity index (χ1n) is 5.06. The number of halogens is 1. The Hall–Kier alpha value is 0.565. The summed E-state index contributed by atoms with van der Waals surface area (Å²) < 4.78 is 21.3. The lowest BCUT2D eigenvalue weighted by atomic mass is 9.79. The first-order valence-corrected chi connectivity index (χ1v) is 7.63. The molecule has 0 saturated carbocycles. The van der Waals surface area contributed by atoms with Gasteiger partial charge in [-0.1, -0.05) is 6.92 Å².